The highest BCUT2D eigenvalue weighted by atomic mass is 16.5. The summed E-state index contributed by atoms with van der Waals surface area (Å²) < 4.78 is 11.0. The maximum Gasteiger partial charge on any atom is 0.142 e. The van der Waals surface area contributed by atoms with Crippen molar-refractivity contribution >= 4 is 5.69 Å². The smallest absolute Gasteiger partial charge is 0.142 e. The van der Waals surface area contributed by atoms with E-state index in [4.69, 9.17) is 15.2 Å². The first-order chi connectivity index (χ1) is 8.50. The molecule has 1 aromatic carbocycles. The number of nitrogens with two attached hydrogens (primary N) is 1. The number of benzene rings is 1. The van der Waals surface area contributed by atoms with E-state index in [1.165, 1.54) is 0 Å². The van der Waals surface area contributed by atoms with E-state index in [-0.39, 0.29) is 19.3 Å². The van der Waals surface area contributed by atoms with Gasteiger partial charge in [-0.25, -0.2) is 0 Å². The molecule has 2 atom stereocenters. The summed E-state index contributed by atoms with van der Waals surface area (Å²) in [5.41, 5.74) is 6.30. The third-order valence-corrected chi connectivity index (χ3v) is 2.84. The maximum atomic E-state index is 9.74. The second-order valence-corrected chi connectivity index (χ2v) is 4.79. The molecule has 2 unspecified atom stereocenters. The zero-order chi connectivity index (χ0) is 13.5. The largest absolute Gasteiger partial charge is 0.489 e. The summed E-state index contributed by atoms with van der Waals surface area (Å²) in [4.78, 5) is 0. The van der Waals surface area contributed by atoms with E-state index in [1.54, 1.807) is 12.1 Å². The highest BCUT2D eigenvalue weighted by Crippen LogP contribution is 2.19. The van der Waals surface area contributed by atoms with Crippen molar-refractivity contribution in [1.82, 2.24) is 0 Å². The van der Waals surface area contributed by atoms with Crippen LogP contribution >= 0.6 is 0 Å². The molecule has 0 saturated heterocycles. The molecule has 0 aliphatic rings. The van der Waals surface area contributed by atoms with Gasteiger partial charge in [-0.2, -0.15) is 0 Å². The van der Waals surface area contributed by atoms with Crippen molar-refractivity contribution in [3.05, 3.63) is 24.3 Å². The number of para-hydroxylation sites is 2. The summed E-state index contributed by atoms with van der Waals surface area (Å²) in [5.74, 6) is 1.02. The van der Waals surface area contributed by atoms with Crippen LogP contribution in [0.5, 0.6) is 5.75 Å². The number of anilines is 1. The average molecular weight is 253 g/mol. The van der Waals surface area contributed by atoms with Gasteiger partial charge in [-0.3, -0.25) is 0 Å². The number of nitrogen functional groups attached to an aromatic ring is 1. The second-order valence-electron chi connectivity index (χ2n) is 4.79. The SMILES string of the molecule is CC(C)C(C)OCC(O)COc1ccccc1N. The van der Waals surface area contributed by atoms with Crippen molar-refractivity contribution in [3.63, 3.8) is 0 Å². The fraction of sp³-hybridized carbons (Fsp3) is 0.571. The Balaban J connectivity index is 2.29. The van der Waals surface area contributed by atoms with E-state index in [0.717, 1.165) is 0 Å². The van der Waals surface area contributed by atoms with Crippen LogP contribution in [0.3, 0.4) is 0 Å². The van der Waals surface area contributed by atoms with Crippen LogP contribution in [-0.4, -0.2) is 30.5 Å². The molecular weight excluding hydrogens is 230 g/mol. The van der Waals surface area contributed by atoms with Gasteiger partial charge in [0.2, 0.25) is 0 Å². The number of aliphatic hydroxyl groups is 1. The Morgan fingerprint density at radius 1 is 1.17 bits per heavy atom. The number of aliphatic hydroxyl groups excluding tert-OH is 1. The normalized spacial score (nSPS) is 14.5. The van der Waals surface area contributed by atoms with Crippen molar-refractivity contribution in [2.75, 3.05) is 18.9 Å². The summed E-state index contributed by atoms with van der Waals surface area (Å²) in [6, 6.07) is 7.22. The third kappa shape index (κ3) is 4.94. The molecule has 0 aliphatic carbocycles. The van der Waals surface area contributed by atoms with E-state index in [0.29, 0.717) is 17.4 Å². The fourth-order valence-corrected chi connectivity index (χ4v) is 1.30. The van der Waals surface area contributed by atoms with Crippen LogP contribution in [0.4, 0.5) is 5.69 Å². The van der Waals surface area contributed by atoms with E-state index in [2.05, 4.69) is 13.8 Å². The molecule has 0 bridgehead atoms. The van der Waals surface area contributed by atoms with Crippen LogP contribution in [0.2, 0.25) is 0 Å². The van der Waals surface area contributed by atoms with Gasteiger partial charge < -0.3 is 20.3 Å². The van der Waals surface area contributed by atoms with Crippen molar-refractivity contribution in [2.45, 2.75) is 33.0 Å². The van der Waals surface area contributed by atoms with Gasteiger partial charge in [-0.15, -0.1) is 0 Å². The van der Waals surface area contributed by atoms with E-state index >= 15 is 0 Å². The van der Waals surface area contributed by atoms with Crippen LogP contribution in [-0.2, 0) is 4.74 Å². The zero-order valence-corrected chi connectivity index (χ0v) is 11.3. The Bertz CT molecular complexity index is 355. The molecule has 0 spiro atoms. The Hall–Kier alpha value is -1.26. The first-order valence-corrected chi connectivity index (χ1v) is 6.27. The van der Waals surface area contributed by atoms with Gasteiger partial charge in [0.1, 0.15) is 18.5 Å². The molecule has 102 valence electrons. The van der Waals surface area contributed by atoms with Gasteiger partial charge in [0, 0.05) is 0 Å². The van der Waals surface area contributed by atoms with Gasteiger partial charge in [0.05, 0.1) is 18.4 Å². The molecule has 1 aromatic rings. The summed E-state index contributed by atoms with van der Waals surface area (Å²) in [7, 11) is 0. The van der Waals surface area contributed by atoms with Crippen LogP contribution in [0.15, 0.2) is 24.3 Å². The Labute approximate surface area is 109 Å². The molecule has 18 heavy (non-hydrogen) atoms. The maximum absolute atomic E-state index is 9.74. The minimum absolute atomic E-state index is 0.126. The summed E-state index contributed by atoms with van der Waals surface area (Å²) in [6.07, 6.45) is -0.521. The second kappa shape index (κ2) is 7.24. The number of hydrogen-bond acceptors (Lipinski definition) is 4. The summed E-state index contributed by atoms with van der Waals surface area (Å²) >= 11 is 0. The molecule has 0 amide bonds. The lowest BCUT2D eigenvalue weighted by molar-refractivity contribution is -0.0330. The van der Waals surface area contributed by atoms with Crippen molar-refractivity contribution in [3.8, 4) is 5.75 Å². The van der Waals surface area contributed by atoms with Crippen molar-refractivity contribution in [1.29, 1.82) is 0 Å². The molecular formula is C14H23NO3. The van der Waals surface area contributed by atoms with Crippen LogP contribution < -0.4 is 10.5 Å². The quantitative estimate of drug-likeness (QED) is 0.730. The Morgan fingerprint density at radius 3 is 2.44 bits per heavy atom. The lowest BCUT2D eigenvalue weighted by Gasteiger charge is -2.19. The number of hydrogen-bond donors (Lipinski definition) is 2. The minimum Gasteiger partial charge on any atom is -0.489 e. The lowest BCUT2D eigenvalue weighted by Crippen LogP contribution is -2.27. The van der Waals surface area contributed by atoms with Gasteiger partial charge >= 0.3 is 0 Å². The molecule has 0 heterocycles. The van der Waals surface area contributed by atoms with E-state index in [9.17, 15) is 5.11 Å². The molecule has 0 fully saturated rings. The average Bonchev–Trinajstić information content (AvgIpc) is 2.34. The topological polar surface area (TPSA) is 64.7 Å². The standard InChI is InChI=1S/C14H23NO3/c1-10(2)11(3)17-8-12(16)9-18-14-7-5-4-6-13(14)15/h4-7,10-12,16H,8-9,15H2,1-3H3. The predicted octanol–water partition coefficient (Wildman–Crippen LogP) is 2.07. The van der Waals surface area contributed by atoms with E-state index < -0.39 is 6.10 Å². The van der Waals surface area contributed by atoms with Gasteiger partial charge in [0.15, 0.2) is 0 Å². The van der Waals surface area contributed by atoms with Gasteiger partial charge in [-0.1, -0.05) is 26.0 Å². The zero-order valence-electron chi connectivity index (χ0n) is 11.3. The third-order valence-electron chi connectivity index (χ3n) is 2.84. The van der Waals surface area contributed by atoms with E-state index in [1.807, 2.05) is 19.1 Å². The van der Waals surface area contributed by atoms with Crippen LogP contribution in [0.1, 0.15) is 20.8 Å². The molecule has 0 saturated carbocycles. The Morgan fingerprint density at radius 2 is 1.83 bits per heavy atom. The fourth-order valence-electron chi connectivity index (χ4n) is 1.30. The Kier molecular flexibility index (Phi) is 5.95. The van der Waals surface area contributed by atoms with Crippen LogP contribution in [0, 0.1) is 5.92 Å². The van der Waals surface area contributed by atoms with Crippen LogP contribution in [0.25, 0.3) is 0 Å². The van der Waals surface area contributed by atoms with Gasteiger partial charge in [0.25, 0.3) is 0 Å². The summed E-state index contributed by atoms with van der Waals surface area (Å²) in [5, 5.41) is 9.74. The highest BCUT2D eigenvalue weighted by molar-refractivity contribution is 5.51. The molecule has 4 nitrogen and oxygen atoms in total. The highest BCUT2D eigenvalue weighted by Gasteiger charge is 2.12. The monoisotopic (exact) mass is 253 g/mol. The molecule has 0 aliphatic heterocycles. The number of ether oxygens (including phenoxy) is 2. The first-order valence-electron chi connectivity index (χ1n) is 6.27. The minimum atomic E-state index is -0.647. The molecule has 0 aromatic heterocycles. The van der Waals surface area contributed by atoms with Crippen molar-refractivity contribution in [2.24, 2.45) is 5.92 Å². The summed E-state index contributed by atoms with van der Waals surface area (Å²) in [6.45, 7) is 6.61. The molecule has 0 radical (unpaired) electrons. The molecule has 3 N–H and O–H groups in total. The van der Waals surface area contributed by atoms with Crippen molar-refractivity contribution < 1.29 is 14.6 Å². The predicted molar refractivity (Wildman–Crippen MR) is 72.6 cm³/mol. The molecule has 4 heteroatoms. The molecule has 1 rings (SSSR count). The van der Waals surface area contributed by atoms with Gasteiger partial charge in [-0.05, 0) is 25.0 Å². The number of rotatable bonds is 7. The first kappa shape index (κ1) is 14.8. The lowest BCUT2D eigenvalue weighted by atomic mass is 10.1.